The standard InChI is InChI=1S/C43H28N8O2/c1-26(52)53-43-50-35-18-19-36(50)41(29-12-4-8-24-46-29)33-16-17-34(49-33)42(30-13-5-9-25-47-30)38-21-20-37(51(38)43)40(28-11-3-7-23-45-28)32-15-14-31(48-32)39(35)27-10-2-6-22-44-27/h2-25,43H,1H3/b39-31-,39-35?,40-32?,40-37-,41-33-,41-36?,42-34?,42-38-. The van der Waals surface area contributed by atoms with Gasteiger partial charge in [-0.15, -0.1) is 0 Å². The average molecular weight is 689 g/mol. The molecule has 53 heavy (non-hydrogen) atoms. The molecule has 4 aliphatic heterocycles. The summed E-state index contributed by atoms with van der Waals surface area (Å²) in [5.41, 5.74) is 10.2. The second-order valence-corrected chi connectivity index (χ2v) is 12.7. The second kappa shape index (κ2) is 12.2. The summed E-state index contributed by atoms with van der Waals surface area (Å²) in [6.07, 6.45) is 14.1. The Labute approximate surface area is 303 Å². The molecule has 0 saturated heterocycles. The maximum Gasteiger partial charge on any atom is 0.305 e. The van der Waals surface area contributed by atoms with Gasteiger partial charge in [0.1, 0.15) is 0 Å². The van der Waals surface area contributed by atoms with Gasteiger partial charge in [0.25, 0.3) is 6.35 Å². The zero-order chi connectivity index (χ0) is 35.5. The van der Waals surface area contributed by atoms with Crippen LogP contribution in [0.2, 0.25) is 0 Å². The number of carbonyl (C=O) groups is 1. The number of ether oxygens (including phenoxy) is 1. The van der Waals surface area contributed by atoms with Gasteiger partial charge in [-0.05, 0) is 97.1 Å². The topological polar surface area (TPSA) is 112 Å². The van der Waals surface area contributed by atoms with E-state index in [0.29, 0.717) is 45.6 Å². The van der Waals surface area contributed by atoms with Crippen LogP contribution in [-0.4, -0.2) is 46.5 Å². The lowest BCUT2D eigenvalue weighted by molar-refractivity contribution is -0.153. The first kappa shape index (κ1) is 30.5. The van der Waals surface area contributed by atoms with Crippen LogP contribution in [0.25, 0.3) is 22.3 Å². The summed E-state index contributed by atoms with van der Waals surface area (Å²) >= 11 is 0. The van der Waals surface area contributed by atoms with Gasteiger partial charge in [0.15, 0.2) is 0 Å². The monoisotopic (exact) mass is 688 g/mol. The third-order valence-electron chi connectivity index (χ3n) is 9.56. The Bertz CT molecular complexity index is 2630. The fraction of sp³-hybridized carbons (Fsp3) is 0.0465. The first-order valence-corrected chi connectivity index (χ1v) is 17.2. The number of hydrogen-bond donors (Lipinski definition) is 0. The van der Waals surface area contributed by atoms with Crippen LogP contribution in [0.15, 0.2) is 168 Å². The van der Waals surface area contributed by atoms with Crippen molar-refractivity contribution in [2.24, 2.45) is 9.98 Å². The molecule has 1 atom stereocenters. The molecular weight excluding hydrogens is 661 g/mol. The van der Waals surface area contributed by atoms with Crippen molar-refractivity contribution in [2.75, 3.05) is 0 Å². The second-order valence-electron chi connectivity index (χ2n) is 12.7. The Balaban J connectivity index is 1.48. The highest BCUT2D eigenvalue weighted by molar-refractivity contribution is 6.31. The molecule has 4 aliphatic rings. The molecule has 0 N–H and O–H groups in total. The fourth-order valence-electron chi connectivity index (χ4n) is 7.46. The number of pyridine rings is 4. The Hall–Kier alpha value is -7.33. The van der Waals surface area contributed by atoms with Crippen molar-refractivity contribution in [1.29, 1.82) is 0 Å². The van der Waals surface area contributed by atoms with Crippen molar-refractivity contribution in [1.82, 2.24) is 29.1 Å². The lowest BCUT2D eigenvalue weighted by Crippen LogP contribution is -2.41. The van der Waals surface area contributed by atoms with Crippen LogP contribution in [0.5, 0.6) is 0 Å². The van der Waals surface area contributed by atoms with Gasteiger partial charge in [-0.1, -0.05) is 24.3 Å². The summed E-state index contributed by atoms with van der Waals surface area (Å²) in [4.78, 5) is 43.4. The highest BCUT2D eigenvalue weighted by Crippen LogP contribution is 2.40. The molecule has 10 heterocycles. The number of nitrogens with zero attached hydrogens (tertiary/aromatic N) is 8. The van der Waals surface area contributed by atoms with E-state index < -0.39 is 12.3 Å². The van der Waals surface area contributed by atoms with E-state index in [4.69, 9.17) is 34.7 Å². The van der Waals surface area contributed by atoms with Gasteiger partial charge in [0, 0.05) is 54.0 Å². The van der Waals surface area contributed by atoms with E-state index in [2.05, 4.69) is 0 Å². The zero-order valence-corrected chi connectivity index (χ0v) is 28.3. The van der Waals surface area contributed by atoms with Gasteiger partial charge in [-0.25, -0.2) is 9.98 Å². The first-order chi connectivity index (χ1) is 26.1. The van der Waals surface area contributed by atoms with Gasteiger partial charge in [0.05, 0.1) is 67.7 Å². The molecule has 10 nitrogen and oxygen atoms in total. The van der Waals surface area contributed by atoms with Crippen LogP contribution in [0.1, 0.15) is 47.4 Å². The number of esters is 1. The molecule has 0 fully saturated rings. The molecular formula is C43H28N8O2. The molecule has 0 aliphatic carbocycles. The summed E-state index contributed by atoms with van der Waals surface area (Å²) < 4.78 is 10.7. The van der Waals surface area contributed by atoms with Gasteiger partial charge in [0.2, 0.25) is 0 Å². The van der Waals surface area contributed by atoms with Gasteiger partial charge >= 0.3 is 5.97 Å². The maximum atomic E-state index is 13.5. The van der Waals surface area contributed by atoms with Crippen molar-refractivity contribution in [3.8, 4) is 0 Å². The molecule has 252 valence electrons. The minimum Gasteiger partial charge on any atom is -0.422 e. The minimum absolute atomic E-state index is 0.463. The van der Waals surface area contributed by atoms with E-state index in [9.17, 15) is 4.79 Å². The molecule has 6 aromatic heterocycles. The molecule has 6 bridgehead atoms. The summed E-state index contributed by atoms with van der Waals surface area (Å²) in [6, 6.07) is 31.4. The van der Waals surface area contributed by atoms with E-state index in [-0.39, 0.29) is 0 Å². The van der Waals surface area contributed by atoms with Crippen molar-refractivity contribution in [3.63, 3.8) is 0 Å². The quantitative estimate of drug-likeness (QED) is 0.224. The predicted octanol–water partition coefficient (Wildman–Crippen LogP) is 5.40. The van der Waals surface area contributed by atoms with E-state index >= 15 is 0 Å². The molecule has 0 aromatic carbocycles. The van der Waals surface area contributed by atoms with E-state index in [1.54, 1.807) is 24.8 Å². The Morgan fingerprint density at radius 1 is 0.509 bits per heavy atom. The number of carbonyl (C=O) groups excluding carboxylic acids is 1. The van der Waals surface area contributed by atoms with Gasteiger partial charge < -0.3 is 4.74 Å². The van der Waals surface area contributed by atoms with E-state index in [1.165, 1.54) is 6.92 Å². The lowest BCUT2D eigenvalue weighted by Gasteiger charge is -2.29. The number of fused-ring (bicyclic) bond motifs is 2. The molecule has 10 heteroatoms. The highest BCUT2D eigenvalue weighted by atomic mass is 16.6. The van der Waals surface area contributed by atoms with Crippen molar-refractivity contribution in [2.45, 2.75) is 13.3 Å². The van der Waals surface area contributed by atoms with Crippen LogP contribution in [0.4, 0.5) is 0 Å². The van der Waals surface area contributed by atoms with Crippen LogP contribution in [0, 0.1) is 0 Å². The molecule has 0 radical (unpaired) electrons. The predicted molar refractivity (Wildman–Crippen MR) is 201 cm³/mol. The van der Waals surface area contributed by atoms with E-state index in [0.717, 1.165) is 44.4 Å². The molecule has 1 unspecified atom stereocenters. The number of hydrogen-bond acceptors (Lipinski definition) is 8. The summed E-state index contributed by atoms with van der Waals surface area (Å²) in [5.74, 6) is -0.463. The largest absolute Gasteiger partial charge is 0.422 e. The molecule has 0 amide bonds. The minimum atomic E-state index is -1.06. The molecule has 0 saturated carbocycles. The van der Waals surface area contributed by atoms with Crippen LogP contribution in [-0.2, 0) is 9.53 Å². The zero-order valence-electron chi connectivity index (χ0n) is 28.3. The number of aliphatic imine (C=N–C) groups is 2. The summed E-state index contributed by atoms with van der Waals surface area (Å²) in [5, 5.41) is 1.48. The van der Waals surface area contributed by atoms with Crippen LogP contribution >= 0.6 is 0 Å². The fourth-order valence-corrected chi connectivity index (χ4v) is 7.46. The number of allylic oxidation sites excluding steroid dienone is 4. The lowest BCUT2D eigenvalue weighted by atomic mass is 10.0. The third kappa shape index (κ3) is 4.91. The van der Waals surface area contributed by atoms with Gasteiger partial charge in [-0.3, -0.25) is 33.9 Å². The summed E-state index contributed by atoms with van der Waals surface area (Å²) in [7, 11) is 0. The maximum absolute atomic E-state index is 13.5. The number of rotatable bonds is 5. The first-order valence-electron chi connectivity index (χ1n) is 17.2. The highest BCUT2D eigenvalue weighted by Gasteiger charge is 2.34. The van der Waals surface area contributed by atoms with Gasteiger partial charge in [-0.2, -0.15) is 0 Å². The van der Waals surface area contributed by atoms with Crippen LogP contribution < -0.4 is 10.7 Å². The Morgan fingerprint density at radius 2 is 0.925 bits per heavy atom. The Kier molecular flexibility index (Phi) is 7.00. The third-order valence-corrected chi connectivity index (χ3v) is 9.56. The smallest absolute Gasteiger partial charge is 0.305 e. The Morgan fingerprint density at radius 3 is 1.30 bits per heavy atom. The molecule has 6 aromatic rings. The van der Waals surface area contributed by atoms with Crippen molar-refractivity contribution < 1.29 is 9.53 Å². The average Bonchev–Trinajstić information content (AvgIpc) is 4.02. The van der Waals surface area contributed by atoms with Crippen molar-refractivity contribution >= 4 is 39.7 Å². The number of aromatic nitrogens is 6. The van der Waals surface area contributed by atoms with Crippen LogP contribution in [0.3, 0.4) is 0 Å². The molecule has 10 rings (SSSR count). The van der Waals surface area contributed by atoms with Crippen molar-refractivity contribution in [3.05, 3.63) is 202 Å². The summed E-state index contributed by atoms with van der Waals surface area (Å²) in [6.45, 7) is 1.43. The normalized spacial score (nSPS) is 21.6. The van der Waals surface area contributed by atoms with E-state index in [1.807, 2.05) is 131 Å². The molecule has 0 spiro atoms. The SMILES string of the molecule is CC(=O)OC1n2c3ccc2/C(c2ccccn2)=C2/C=CC(=N2)/C(c2ccccn2)=c2/cc/c(n21)=C(\c1ccccn1)C1=N/C(=C\3c2ccccn2)C=C1.